The van der Waals surface area contributed by atoms with E-state index in [-0.39, 0.29) is 40.7 Å². The van der Waals surface area contributed by atoms with E-state index in [1.807, 2.05) is 0 Å². The van der Waals surface area contributed by atoms with Crippen molar-refractivity contribution in [2.75, 3.05) is 5.75 Å². The zero-order valence-electron chi connectivity index (χ0n) is 13.5. The number of fused-ring (bicyclic) bond motifs is 1. The van der Waals surface area contributed by atoms with E-state index in [2.05, 4.69) is 0 Å². The van der Waals surface area contributed by atoms with E-state index >= 15 is 0 Å². The summed E-state index contributed by atoms with van der Waals surface area (Å²) >= 11 is 1.32. The van der Waals surface area contributed by atoms with Crippen molar-refractivity contribution < 1.29 is 57.5 Å². The van der Waals surface area contributed by atoms with Crippen molar-refractivity contribution >= 4 is 45.0 Å². The van der Waals surface area contributed by atoms with Crippen molar-refractivity contribution in [3.8, 4) is 0 Å². The number of hydrogen-bond donors (Lipinski definition) is 1. The maximum absolute atomic E-state index is 12.5. The summed E-state index contributed by atoms with van der Waals surface area (Å²) in [6.07, 6.45) is 3.25. The number of β-lactam (4-membered cyclic amide) rings is 1. The van der Waals surface area contributed by atoms with Crippen molar-refractivity contribution in [3.63, 3.8) is 0 Å². The van der Waals surface area contributed by atoms with Crippen molar-refractivity contribution in [2.45, 2.75) is 5.37 Å². The molecule has 11 heteroatoms. The Morgan fingerprint density at radius 2 is 2.08 bits per heavy atom. The molecular weight excluding hydrogens is 391 g/mol. The Labute approximate surface area is 174 Å². The van der Waals surface area contributed by atoms with Gasteiger partial charge in [0.15, 0.2) is 15.2 Å². The second kappa shape index (κ2) is 7.49. The van der Waals surface area contributed by atoms with Crippen LogP contribution in [-0.4, -0.2) is 42.2 Å². The molecule has 1 unspecified atom stereocenters. The maximum Gasteiger partial charge on any atom is 1.00 e. The molecule has 2 aliphatic rings. The zero-order chi connectivity index (χ0) is 18.4. The molecule has 2 amide bonds. The number of nitrogens with two attached hydrogens (primary N) is 1. The predicted octanol–water partition coefficient (Wildman–Crippen LogP) is -4.22. The summed E-state index contributed by atoms with van der Waals surface area (Å²) in [5.41, 5.74) is 4.16. The number of primary amides is 1. The minimum Gasteiger partial charge on any atom is -0.543 e. The molecule has 0 bridgehead atoms. The van der Waals surface area contributed by atoms with Gasteiger partial charge in [-0.2, -0.15) is 0 Å². The summed E-state index contributed by atoms with van der Waals surface area (Å²) in [7, 11) is -3.88. The summed E-state index contributed by atoms with van der Waals surface area (Å²) in [4.78, 5) is 36.0. The monoisotopic (exact) mass is 402 g/mol. The van der Waals surface area contributed by atoms with Crippen LogP contribution in [0.1, 0.15) is 4.88 Å². The number of carboxylic acids is 1. The van der Waals surface area contributed by atoms with Gasteiger partial charge >= 0.3 is 29.6 Å². The summed E-state index contributed by atoms with van der Waals surface area (Å²) in [5.74, 6) is -3.95. The fourth-order valence-corrected chi connectivity index (χ4v) is 5.28. The standard InChI is InChI=1S/C15H12N2O6S2.Na/c16-11(18)4-3-8-7-25(22,23)14-10(6-9-2-1-5-24-9)13(19)17(14)12(8)15(20)21;/h1-6,14H,7H2,(H2,16,18)(H,20,21);/q;+1/p-1/b4-3+,10-6-;. The first kappa shape index (κ1) is 20.6. The second-order valence-corrected chi connectivity index (χ2v) is 8.39. The van der Waals surface area contributed by atoms with E-state index in [4.69, 9.17) is 5.73 Å². The van der Waals surface area contributed by atoms with Crippen LogP contribution in [0.5, 0.6) is 0 Å². The number of sulfone groups is 1. The van der Waals surface area contributed by atoms with Gasteiger partial charge in [-0.05, 0) is 23.1 Å². The number of thiophene rings is 1. The van der Waals surface area contributed by atoms with Crippen LogP contribution in [0.15, 0.2) is 46.5 Å². The van der Waals surface area contributed by atoms with Crippen LogP contribution >= 0.6 is 11.3 Å². The van der Waals surface area contributed by atoms with Crippen LogP contribution in [0.3, 0.4) is 0 Å². The average Bonchev–Trinajstić information content (AvgIpc) is 3.02. The van der Waals surface area contributed by atoms with Gasteiger partial charge in [0.25, 0.3) is 5.91 Å². The number of rotatable bonds is 4. The van der Waals surface area contributed by atoms with Crippen LogP contribution in [0.2, 0.25) is 0 Å². The number of carboxylic acid groups (broad SMARTS) is 1. The molecule has 1 fully saturated rings. The molecule has 0 saturated carbocycles. The van der Waals surface area contributed by atoms with Crippen LogP contribution in [0, 0.1) is 0 Å². The van der Waals surface area contributed by atoms with Gasteiger partial charge in [-0.1, -0.05) is 12.1 Å². The molecule has 130 valence electrons. The Morgan fingerprint density at radius 3 is 2.62 bits per heavy atom. The van der Waals surface area contributed by atoms with Gasteiger partial charge in [-0.3, -0.25) is 14.5 Å². The van der Waals surface area contributed by atoms with E-state index in [1.54, 1.807) is 17.5 Å². The Hall–Kier alpha value is -1.72. The Kier molecular flexibility index (Phi) is 5.93. The fourth-order valence-electron chi connectivity index (χ4n) is 2.71. The number of carbonyl (C=O) groups is 3. The SMILES string of the molecule is NC(=O)/C=C/C1=C(C(=O)[O-])N2C(=O)/C(=C/c3cccs3)C2S(=O)(=O)C1.[Na+]. The van der Waals surface area contributed by atoms with Crippen molar-refractivity contribution in [2.24, 2.45) is 5.73 Å². The van der Waals surface area contributed by atoms with Crippen molar-refractivity contribution in [1.82, 2.24) is 4.90 Å². The molecule has 1 aromatic heterocycles. The normalized spacial score (nSPS) is 22.8. The first-order valence-corrected chi connectivity index (χ1v) is 9.54. The third-order valence-corrected chi connectivity index (χ3v) is 6.37. The summed E-state index contributed by atoms with van der Waals surface area (Å²) < 4.78 is 25.0. The Balaban J connectivity index is 0.00000243. The van der Waals surface area contributed by atoms with Crippen molar-refractivity contribution in [1.29, 1.82) is 0 Å². The molecule has 3 rings (SSSR count). The average molecular weight is 402 g/mol. The van der Waals surface area contributed by atoms with Crippen LogP contribution in [0.25, 0.3) is 6.08 Å². The summed E-state index contributed by atoms with van der Waals surface area (Å²) in [5, 5.41) is 11.8. The van der Waals surface area contributed by atoms with Gasteiger partial charge in [0.2, 0.25) is 5.91 Å². The molecule has 0 spiro atoms. The molecule has 2 N–H and O–H groups in total. The van der Waals surface area contributed by atoms with Crippen LogP contribution < -0.4 is 40.4 Å². The first-order chi connectivity index (χ1) is 11.7. The number of allylic oxidation sites excluding steroid dienone is 1. The van der Waals surface area contributed by atoms with E-state index in [0.717, 1.165) is 12.2 Å². The molecular formula is C15H11N2NaO6S2. The van der Waals surface area contributed by atoms with Crippen LogP contribution in [0.4, 0.5) is 0 Å². The number of aliphatic carboxylic acids is 1. The maximum atomic E-state index is 12.5. The fraction of sp³-hybridized carbons (Fsp3) is 0.133. The molecule has 1 saturated heterocycles. The predicted molar refractivity (Wildman–Crippen MR) is 87.1 cm³/mol. The quantitative estimate of drug-likeness (QED) is 0.308. The summed E-state index contributed by atoms with van der Waals surface area (Å²) in [6, 6.07) is 3.45. The van der Waals surface area contributed by atoms with Gasteiger partial charge in [-0.15, -0.1) is 11.3 Å². The number of amides is 2. The largest absolute Gasteiger partial charge is 1.00 e. The molecule has 3 heterocycles. The van der Waals surface area contributed by atoms with E-state index in [0.29, 0.717) is 9.78 Å². The number of carbonyl (C=O) groups excluding carboxylic acids is 3. The molecule has 2 aliphatic heterocycles. The molecule has 8 nitrogen and oxygen atoms in total. The Morgan fingerprint density at radius 1 is 1.38 bits per heavy atom. The van der Waals surface area contributed by atoms with E-state index < -0.39 is 44.4 Å². The molecule has 1 atom stereocenters. The van der Waals surface area contributed by atoms with Gasteiger partial charge in [0.05, 0.1) is 23.0 Å². The first-order valence-electron chi connectivity index (χ1n) is 6.94. The molecule has 0 aromatic carbocycles. The molecule has 1 aromatic rings. The van der Waals surface area contributed by atoms with Gasteiger partial charge in [0.1, 0.15) is 0 Å². The zero-order valence-corrected chi connectivity index (χ0v) is 17.2. The topological polar surface area (TPSA) is 138 Å². The second-order valence-electron chi connectivity index (χ2n) is 5.35. The third-order valence-electron chi connectivity index (χ3n) is 3.69. The van der Waals surface area contributed by atoms with Gasteiger partial charge < -0.3 is 15.6 Å². The number of hydrogen-bond acceptors (Lipinski definition) is 7. The Bertz CT molecular complexity index is 976. The van der Waals surface area contributed by atoms with Gasteiger partial charge in [-0.25, -0.2) is 8.42 Å². The van der Waals surface area contributed by atoms with Gasteiger partial charge in [0, 0.05) is 11.0 Å². The minimum atomic E-state index is -3.88. The number of nitrogens with zero attached hydrogens (tertiary/aromatic N) is 1. The van der Waals surface area contributed by atoms with Crippen LogP contribution in [-0.2, 0) is 24.2 Å². The molecule has 0 radical (unpaired) electrons. The van der Waals surface area contributed by atoms with E-state index in [1.165, 1.54) is 17.4 Å². The molecule has 26 heavy (non-hydrogen) atoms. The third kappa shape index (κ3) is 3.55. The molecule has 0 aliphatic carbocycles. The smallest absolute Gasteiger partial charge is 0.543 e. The van der Waals surface area contributed by atoms with E-state index in [9.17, 15) is 27.9 Å². The van der Waals surface area contributed by atoms with Crippen molar-refractivity contribution in [3.05, 3.63) is 51.4 Å². The summed E-state index contributed by atoms with van der Waals surface area (Å²) in [6.45, 7) is 0. The minimum absolute atomic E-state index is 0.